The van der Waals surface area contributed by atoms with Gasteiger partial charge < -0.3 is 5.11 Å². The molecule has 1 rings (SSSR count). The normalized spacial score (nSPS) is 9.92. The monoisotopic (exact) mass is 232 g/mol. The zero-order chi connectivity index (χ0) is 9.30. The lowest BCUT2D eigenvalue weighted by atomic mass is 10.1. The van der Waals surface area contributed by atoms with Crippen molar-refractivity contribution in [2.45, 2.75) is 6.92 Å². The van der Waals surface area contributed by atoms with Gasteiger partial charge in [-0.1, -0.05) is 0 Å². The molecular formula is C8H6BrFO2. The topological polar surface area (TPSA) is 37.3 Å². The van der Waals surface area contributed by atoms with Crippen LogP contribution in [0.1, 0.15) is 17.3 Å². The Hall–Kier alpha value is -0.900. The molecule has 1 N–H and O–H groups in total. The zero-order valence-electron chi connectivity index (χ0n) is 6.27. The molecule has 64 valence electrons. The summed E-state index contributed by atoms with van der Waals surface area (Å²) >= 11 is 3.03. The highest BCUT2D eigenvalue weighted by molar-refractivity contribution is 9.10. The standard InChI is InChI=1S/C8H6BrFO2/c1-4(11)5-2-7(10)8(12)3-6(5)9/h2-3,12H,1H3. The van der Waals surface area contributed by atoms with E-state index >= 15 is 0 Å². The zero-order valence-corrected chi connectivity index (χ0v) is 7.85. The van der Waals surface area contributed by atoms with Crippen molar-refractivity contribution in [3.63, 3.8) is 0 Å². The van der Waals surface area contributed by atoms with Crippen molar-refractivity contribution in [1.82, 2.24) is 0 Å². The Bertz CT molecular complexity index is 336. The van der Waals surface area contributed by atoms with E-state index in [9.17, 15) is 9.18 Å². The van der Waals surface area contributed by atoms with Crippen LogP contribution in [-0.2, 0) is 0 Å². The van der Waals surface area contributed by atoms with Gasteiger partial charge in [-0.05, 0) is 35.0 Å². The van der Waals surface area contributed by atoms with Gasteiger partial charge in [0.15, 0.2) is 17.3 Å². The maximum absolute atomic E-state index is 12.7. The molecule has 0 radical (unpaired) electrons. The van der Waals surface area contributed by atoms with Crippen LogP contribution in [0.15, 0.2) is 16.6 Å². The fourth-order valence-electron chi connectivity index (χ4n) is 0.806. The summed E-state index contributed by atoms with van der Waals surface area (Å²) in [6.07, 6.45) is 0. The Labute approximate surface area is 77.2 Å². The molecule has 0 amide bonds. The second-order valence-corrected chi connectivity index (χ2v) is 3.19. The maximum atomic E-state index is 12.7. The second kappa shape index (κ2) is 3.23. The lowest BCUT2D eigenvalue weighted by Crippen LogP contribution is -1.94. The van der Waals surface area contributed by atoms with Crippen LogP contribution in [0.2, 0.25) is 0 Å². The summed E-state index contributed by atoms with van der Waals surface area (Å²) in [7, 11) is 0. The number of phenols is 1. The molecular weight excluding hydrogens is 227 g/mol. The molecule has 0 atom stereocenters. The predicted octanol–water partition coefficient (Wildman–Crippen LogP) is 2.50. The van der Waals surface area contributed by atoms with Crippen molar-refractivity contribution in [2.75, 3.05) is 0 Å². The number of halogens is 2. The van der Waals surface area contributed by atoms with Crippen molar-refractivity contribution in [3.05, 3.63) is 28.0 Å². The molecule has 0 fully saturated rings. The Morgan fingerprint density at radius 3 is 2.67 bits per heavy atom. The summed E-state index contributed by atoms with van der Waals surface area (Å²) in [6.45, 7) is 1.33. The van der Waals surface area contributed by atoms with E-state index in [0.717, 1.165) is 12.1 Å². The van der Waals surface area contributed by atoms with E-state index in [1.54, 1.807) is 0 Å². The summed E-state index contributed by atoms with van der Waals surface area (Å²) < 4.78 is 13.1. The van der Waals surface area contributed by atoms with E-state index in [1.165, 1.54) is 6.92 Å². The van der Waals surface area contributed by atoms with E-state index < -0.39 is 11.6 Å². The van der Waals surface area contributed by atoms with Crippen LogP contribution < -0.4 is 0 Å². The van der Waals surface area contributed by atoms with Crippen LogP contribution in [0.5, 0.6) is 5.75 Å². The van der Waals surface area contributed by atoms with E-state index in [-0.39, 0.29) is 11.3 Å². The first-order valence-electron chi connectivity index (χ1n) is 3.21. The number of ketones is 1. The van der Waals surface area contributed by atoms with Crippen molar-refractivity contribution in [2.24, 2.45) is 0 Å². The lowest BCUT2D eigenvalue weighted by Gasteiger charge is -2.01. The van der Waals surface area contributed by atoms with Gasteiger partial charge in [0.05, 0.1) is 0 Å². The number of rotatable bonds is 1. The average molecular weight is 233 g/mol. The molecule has 0 saturated carbocycles. The molecule has 12 heavy (non-hydrogen) atoms. The molecule has 0 heterocycles. The van der Waals surface area contributed by atoms with Gasteiger partial charge in [0.2, 0.25) is 0 Å². The third-order valence-corrected chi connectivity index (χ3v) is 2.07. The van der Waals surface area contributed by atoms with E-state index in [2.05, 4.69) is 15.9 Å². The fourth-order valence-corrected chi connectivity index (χ4v) is 1.42. The number of phenolic OH excluding ortho intramolecular Hbond substituents is 1. The Morgan fingerprint density at radius 1 is 1.58 bits per heavy atom. The number of hydrogen-bond donors (Lipinski definition) is 1. The molecule has 1 aromatic rings. The molecule has 0 aliphatic heterocycles. The van der Waals surface area contributed by atoms with Gasteiger partial charge in [0, 0.05) is 10.0 Å². The molecule has 4 heteroatoms. The quantitative estimate of drug-likeness (QED) is 0.756. The highest BCUT2D eigenvalue weighted by Gasteiger charge is 2.09. The van der Waals surface area contributed by atoms with Gasteiger partial charge in [-0.2, -0.15) is 0 Å². The van der Waals surface area contributed by atoms with Gasteiger partial charge in [0.25, 0.3) is 0 Å². The van der Waals surface area contributed by atoms with Crippen LogP contribution in [-0.4, -0.2) is 10.9 Å². The predicted molar refractivity (Wildman–Crippen MR) is 45.8 cm³/mol. The Kier molecular flexibility index (Phi) is 2.47. The first-order valence-corrected chi connectivity index (χ1v) is 4.00. The summed E-state index contributed by atoms with van der Waals surface area (Å²) in [4.78, 5) is 10.9. The van der Waals surface area contributed by atoms with Crippen molar-refractivity contribution in [3.8, 4) is 5.75 Å². The third-order valence-electron chi connectivity index (χ3n) is 1.42. The van der Waals surface area contributed by atoms with Gasteiger partial charge in [-0.3, -0.25) is 4.79 Å². The minimum absolute atomic E-state index is 0.227. The lowest BCUT2D eigenvalue weighted by molar-refractivity contribution is 0.101. The molecule has 0 aliphatic carbocycles. The Morgan fingerprint density at radius 2 is 2.17 bits per heavy atom. The minimum Gasteiger partial charge on any atom is -0.505 e. The molecule has 0 aliphatic rings. The van der Waals surface area contributed by atoms with Crippen molar-refractivity contribution in [1.29, 1.82) is 0 Å². The fraction of sp³-hybridized carbons (Fsp3) is 0.125. The van der Waals surface area contributed by atoms with Crippen LogP contribution in [0, 0.1) is 5.82 Å². The largest absolute Gasteiger partial charge is 0.505 e. The van der Waals surface area contributed by atoms with Gasteiger partial charge in [-0.25, -0.2) is 4.39 Å². The second-order valence-electron chi connectivity index (χ2n) is 2.34. The number of benzene rings is 1. The molecule has 0 bridgehead atoms. The average Bonchev–Trinajstić information content (AvgIpc) is 1.96. The smallest absolute Gasteiger partial charge is 0.165 e. The SMILES string of the molecule is CC(=O)c1cc(F)c(O)cc1Br. The third kappa shape index (κ3) is 1.64. The number of Topliss-reactive ketones (excluding diaryl/α,β-unsaturated/α-hetero) is 1. The molecule has 0 spiro atoms. The van der Waals surface area contributed by atoms with Crippen LogP contribution in [0.4, 0.5) is 4.39 Å². The molecule has 1 aromatic carbocycles. The molecule has 2 nitrogen and oxygen atoms in total. The summed E-state index contributed by atoms with van der Waals surface area (Å²) in [5.41, 5.74) is 0.227. The number of carbonyl (C=O) groups excluding carboxylic acids is 1. The van der Waals surface area contributed by atoms with E-state index in [0.29, 0.717) is 4.47 Å². The first-order chi connectivity index (χ1) is 5.52. The molecule has 0 aromatic heterocycles. The van der Waals surface area contributed by atoms with Crippen LogP contribution in [0.3, 0.4) is 0 Å². The van der Waals surface area contributed by atoms with Crippen molar-refractivity contribution < 1.29 is 14.3 Å². The van der Waals surface area contributed by atoms with Gasteiger partial charge in [0.1, 0.15) is 0 Å². The summed E-state index contributed by atoms with van der Waals surface area (Å²) in [5, 5.41) is 8.89. The summed E-state index contributed by atoms with van der Waals surface area (Å²) in [5.74, 6) is -1.50. The highest BCUT2D eigenvalue weighted by Crippen LogP contribution is 2.25. The van der Waals surface area contributed by atoms with E-state index in [1.807, 2.05) is 0 Å². The Balaban J connectivity index is 3.33. The maximum Gasteiger partial charge on any atom is 0.165 e. The van der Waals surface area contributed by atoms with Crippen molar-refractivity contribution >= 4 is 21.7 Å². The molecule has 0 unspecified atom stereocenters. The number of hydrogen-bond acceptors (Lipinski definition) is 2. The van der Waals surface area contributed by atoms with Crippen LogP contribution in [0.25, 0.3) is 0 Å². The number of aromatic hydroxyl groups is 1. The summed E-state index contributed by atoms with van der Waals surface area (Å²) in [6, 6.07) is 2.16. The highest BCUT2D eigenvalue weighted by atomic mass is 79.9. The van der Waals surface area contributed by atoms with E-state index in [4.69, 9.17) is 5.11 Å². The number of carbonyl (C=O) groups is 1. The molecule has 0 saturated heterocycles. The van der Waals surface area contributed by atoms with Crippen LogP contribution >= 0.6 is 15.9 Å². The van der Waals surface area contributed by atoms with Gasteiger partial charge in [-0.15, -0.1) is 0 Å². The minimum atomic E-state index is -0.789. The van der Waals surface area contributed by atoms with Gasteiger partial charge >= 0.3 is 0 Å². The first kappa shape index (κ1) is 9.19.